The third-order valence-electron chi connectivity index (χ3n) is 10.1. The predicted octanol–water partition coefficient (Wildman–Crippen LogP) is 12.1. The predicted molar refractivity (Wildman–Crippen MR) is 237 cm³/mol. The van der Waals surface area contributed by atoms with Crippen LogP contribution < -0.4 is 21.4 Å². The first-order chi connectivity index (χ1) is 22.3. The van der Waals surface area contributed by atoms with Gasteiger partial charge in [-0.2, -0.15) is 11.6 Å². The molecule has 2 saturated carbocycles. The van der Waals surface area contributed by atoms with E-state index in [9.17, 15) is 0 Å². The van der Waals surface area contributed by atoms with Gasteiger partial charge < -0.3 is 27.9 Å². The standard InChI is InChI=1S/C35H40BP.2C4H11Si.2CH3.Zr/c1-5-17-30(18-6-1)36(31-19-13-14-20-31,32-21-15-16-22-32)29-37(33-23-7-2-8-24-33,34-25-9-3-10-26-34)35-27-11-4-12-28-35;2*1-5(2,3)4;;;/h1-12,17-18,23-28,31-32H,13-16,19-22,29H2;2*1H2,2-4H3;2*1H3;/q;4*-1;+4. The van der Waals surface area contributed by atoms with E-state index >= 15 is 0 Å². The summed E-state index contributed by atoms with van der Waals surface area (Å²) >= 11 is 0. The van der Waals surface area contributed by atoms with Gasteiger partial charge in [-0.15, -0.1) is 16.1 Å². The molecule has 0 N–H and O–H groups in total. The average Bonchev–Trinajstić information content (AvgIpc) is 3.79. The van der Waals surface area contributed by atoms with Crippen molar-refractivity contribution in [1.82, 2.24) is 0 Å². The summed E-state index contributed by atoms with van der Waals surface area (Å²) in [5.74, 6) is 1.64. The van der Waals surface area contributed by atoms with E-state index in [1.165, 1.54) is 57.4 Å². The van der Waals surface area contributed by atoms with Crippen LogP contribution in [0.5, 0.6) is 0 Å². The molecule has 4 aromatic rings. The summed E-state index contributed by atoms with van der Waals surface area (Å²) in [7, 11) is -3.64. The molecular weight excluding hydrogens is 730 g/mol. The Morgan fingerprint density at radius 3 is 1.00 bits per heavy atom. The average molecular weight is 798 g/mol. The molecule has 5 heteroatoms. The van der Waals surface area contributed by atoms with Crippen LogP contribution >= 0.6 is 7.26 Å². The first kappa shape index (κ1) is 46.7. The van der Waals surface area contributed by atoms with Crippen LogP contribution in [0.25, 0.3) is 0 Å². The first-order valence-electron chi connectivity index (χ1n) is 18.3. The quantitative estimate of drug-likeness (QED) is 0.0946. The molecule has 0 atom stereocenters. The summed E-state index contributed by atoms with van der Waals surface area (Å²) in [6.45, 7) is 21.1. The Balaban J connectivity index is 0.000000852. The Bertz CT molecular complexity index is 1300. The van der Waals surface area contributed by atoms with Gasteiger partial charge in [0.2, 0.25) is 0 Å². The molecule has 0 spiro atoms. The van der Waals surface area contributed by atoms with Crippen LogP contribution in [0.15, 0.2) is 121 Å². The molecule has 0 aliphatic heterocycles. The molecule has 2 aliphatic carbocycles. The maximum Gasteiger partial charge on any atom is 4.00 e. The van der Waals surface area contributed by atoms with Gasteiger partial charge in [0.25, 0.3) is 0 Å². The minimum atomic E-state index is -1.92. The van der Waals surface area contributed by atoms with Crippen LogP contribution in [0.1, 0.15) is 51.4 Å². The van der Waals surface area contributed by atoms with Gasteiger partial charge in [0, 0.05) is 0 Å². The van der Waals surface area contributed by atoms with Crippen LogP contribution in [-0.4, -0.2) is 28.4 Å². The van der Waals surface area contributed by atoms with Crippen molar-refractivity contribution in [3.8, 4) is 0 Å². The molecule has 268 valence electrons. The van der Waals surface area contributed by atoms with E-state index in [0.717, 1.165) is 11.6 Å². The fourth-order valence-corrected chi connectivity index (χ4v) is 13.8. The van der Waals surface area contributed by atoms with Crippen molar-refractivity contribution >= 4 is 50.9 Å². The molecule has 0 nitrogen and oxygen atoms in total. The number of hydrogen-bond donors (Lipinski definition) is 0. The van der Waals surface area contributed by atoms with Crippen LogP contribution in [0.3, 0.4) is 0 Å². The SMILES string of the molecule is [CH2-][Si](C)(C)C.[CH2-][Si](C)(C)C.[CH3-].[CH3-].[Zr+4].c1ccc([B-](C[P+](c2ccccc2)(c2ccccc2)c2ccccc2)(C2CCCC2)C2CCCC2)cc1. The van der Waals surface area contributed by atoms with Crippen LogP contribution in [0, 0.1) is 27.9 Å². The summed E-state index contributed by atoms with van der Waals surface area (Å²) < 4.78 is 0. The molecule has 0 unspecified atom stereocenters. The van der Waals surface area contributed by atoms with E-state index in [4.69, 9.17) is 0 Å². The summed E-state index contributed by atoms with van der Waals surface area (Å²) in [5.41, 5.74) is 1.67. The number of benzene rings is 4. The van der Waals surface area contributed by atoms with Gasteiger partial charge in [-0.3, -0.25) is 0 Å². The molecule has 6 rings (SSSR count). The summed E-state index contributed by atoms with van der Waals surface area (Å²) in [6.07, 6.45) is 10.5. The minimum absolute atomic E-state index is 0. The van der Waals surface area contributed by atoms with Crippen molar-refractivity contribution in [1.29, 1.82) is 0 Å². The molecule has 0 saturated heterocycles. The van der Waals surface area contributed by atoms with Crippen molar-refractivity contribution in [3.63, 3.8) is 0 Å². The van der Waals surface area contributed by atoms with E-state index in [2.05, 4.69) is 174 Å². The van der Waals surface area contributed by atoms with Crippen LogP contribution in [0.2, 0.25) is 50.9 Å². The van der Waals surface area contributed by atoms with E-state index < -0.39 is 29.6 Å². The Kier molecular flexibility index (Phi) is 20.0. The Morgan fingerprint density at radius 1 is 0.500 bits per heavy atom. The van der Waals surface area contributed by atoms with E-state index in [1.54, 1.807) is 21.4 Å². The smallest absolute Gasteiger partial charge is 0.358 e. The third kappa shape index (κ3) is 13.0. The van der Waals surface area contributed by atoms with Crippen LogP contribution in [-0.2, 0) is 26.2 Å². The third-order valence-corrected chi connectivity index (χ3v) is 14.8. The Morgan fingerprint density at radius 2 is 0.740 bits per heavy atom. The monoisotopic (exact) mass is 796 g/mol. The second-order valence-electron chi connectivity index (χ2n) is 16.8. The molecular formula is C45H68BPSi2Zr. The van der Waals surface area contributed by atoms with Gasteiger partial charge in [0.1, 0.15) is 15.9 Å². The van der Waals surface area contributed by atoms with Crippen molar-refractivity contribution in [2.24, 2.45) is 0 Å². The van der Waals surface area contributed by atoms with E-state index in [0.29, 0.717) is 0 Å². The zero-order chi connectivity index (χ0) is 34.0. The summed E-state index contributed by atoms with van der Waals surface area (Å²) in [4.78, 5) is 0. The van der Waals surface area contributed by atoms with E-state index in [1.807, 2.05) is 0 Å². The molecule has 4 aromatic carbocycles. The topological polar surface area (TPSA) is 0 Å². The largest absolute Gasteiger partial charge is 4.00 e. The maximum atomic E-state index is 3.91. The normalized spacial score (nSPS) is 15.2. The summed E-state index contributed by atoms with van der Waals surface area (Å²) in [6, 6.07) is 48.1. The molecule has 0 amide bonds. The van der Waals surface area contributed by atoms with Gasteiger partial charge in [0.05, 0.1) is 13.4 Å². The van der Waals surface area contributed by atoms with Crippen molar-refractivity contribution in [3.05, 3.63) is 149 Å². The molecule has 2 fully saturated rings. The zero-order valence-electron chi connectivity index (χ0n) is 33.0. The molecule has 0 radical (unpaired) electrons. The summed E-state index contributed by atoms with van der Waals surface area (Å²) in [5, 5.41) is 4.64. The van der Waals surface area contributed by atoms with Crippen molar-refractivity contribution in [2.45, 2.75) is 102 Å². The van der Waals surface area contributed by atoms with Crippen molar-refractivity contribution in [2.75, 3.05) is 6.06 Å². The molecule has 2 aliphatic rings. The maximum absolute atomic E-state index is 3.91. The van der Waals surface area contributed by atoms with E-state index in [-0.39, 0.29) is 41.1 Å². The first-order valence-corrected chi connectivity index (χ1v) is 27.7. The zero-order valence-corrected chi connectivity index (χ0v) is 38.4. The van der Waals surface area contributed by atoms with Crippen LogP contribution in [0.4, 0.5) is 0 Å². The molecule has 0 heterocycles. The van der Waals surface area contributed by atoms with Gasteiger partial charge in [0.15, 0.2) is 0 Å². The second-order valence-corrected chi connectivity index (χ2v) is 30.6. The fourth-order valence-electron chi connectivity index (χ4n) is 8.51. The van der Waals surface area contributed by atoms with Gasteiger partial charge in [-0.25, -0.2) is 5.46 Å². The number of hydrogen-bond acceptors (Lipinski definition) is 0. The minimum Gasteiger partial charge on any atom is -0.358 e. The molecule has 0 bridgehead atoms. The van der Waals surface area contributed by atoms with Crippen molar-refractivity contribution < 1.29 is 26.2 Å². The van der Waals surface area contributed by atoms with Gasteiger partial charge in [-0.05, 0) is 42.5 Å². The molecule has 0 aromatic heterocycles. The van der Waals surface area contributed by atoms with Gasteiger partial charge >= 0.3 is 26.2 Å². The second kappa shape index (κ2) is 21.4. The molecule has 50 heavy (non-hydrogen) atoms. The number of rotatable bonds is 8. The Hall–Kier alpha value is -1.31. The Labute approximate surface area is 332 Å². The fraction of sp³-hybridized carbons (Fsp3) is 0.378. The van der Waals surface area contributed by atoms with Gasteiger partial charge in [-0.1, -0.05) is 176 Å².